The molecule has 3 heterocycles. The smallest absolute Gasteiger partial charge is 0.368 e. The van der Waals surface area contributed by atoms with Gasteiger partial charge >= 0.3 is 12.4 Å². The van der Waals surface area contributed by atoms with Crippen LogP contribution >= 0.6 is 0 Å². The van der Waals surface area contributed by atoms with Crippen LogP contribution < -0.4 is 5.73 Å². The lowest BCUT2D eigenvalue weighted by atomic mass is 10.5. The predicted molar refractivity (Wildman–Crippen MR) is 64.1 cm³/mol. The Bertz CT molecular complexity index is 838. The monoisotopic (exact) mass is 366 g/mol. The number of aromatic nitrogens is 9. The Morgan fingerprint density at radius 2 is 1.12 bits per heavy atom. The van der Waals surface area contributed by atoms with Gasteiger partial charge in [-0.25, -0.2) is 0 Å². The zero-order chi connectivity index (χ0) is 18.4. The fourth-order valence-corrected chi connectivity index (χ4v) is 1.56. The highest BCUT2D eigenvalue weighted by Crippen LogP contribution is 2.28. The Hall–Kier alpha value is -3.33. The van der Waals surface area contributed by atoms with Crippen molar-refractivity contribution in [1.82, 2.24) is 44.9 Å². The summed E-state index contributed by atoms with van der Waals surface area (Å²) in [4.78, 5) is 10.7. The molecule has 0 aliphatic heterocycles. The summed E-state index contributed by atoms with van der Waals surface area (Å²) >= 11 is 0. The standard InChI is InChI=1S/C9H4F6N10/c10-8(11,12)3-1-24(22-20-3)6-17-5(16)18-7(19-6)25-2-4(21-23-25)9(13,14)15/h1-2H,(H2,16,17,18,19). The molecule has 16 heteroatoms. The molecular formula is C9H4F6N10. The number of nitrogen functional groups attached to an aromatic ring is 1. The van der Waals surface area contributed by atoms with E-state index in [2.05, 4.69) is 35.6 Å². The Morgan fingerprint density at radius 3 is 1.44 bits per heavy atom. The van der Waals surface area contributed by atoms with Crippen molar-refractivity contribution in [1.29, 1.82) is 0 Å². The molecule has 132 valence electrons. The number of anilines is 1. The molecule has 0 aliphatic carbocycles. The van der Waals surface area contributed by atoms with Crippen LogP contribution in [0.2, 0.25) is 0 Å². The van der Waals surface area contributed by atoms with Gasteiger partial charge < -0.3 is 5.73 Å². The molecule has 0 aromatic carbocycles. The second-order valence-electron chi connectivity index (χ2n) is 4.39. The Kier molecular flexibility index (Phi) is 3.54. The minimum absolute atomic E-state index is 0.473. The molecule has 0 radical (unpaired) electrons. The molecule has 0 atom stereocenters. The number of nitrogens with two attached hydrogens (primary N) is 1. The molecule has 0 amide bonds. The van der Waals surface area contributed by atoms with Gasteiger partial charge in [0.15, 0.2) is 11.4 Å². The maximum absolute atomic E-state index is 12.5. The van der Waals surface area contributed by atoms with Gasteiger partial charge in [-0.05, 0) is 0 Å². The van der Waals surface area contributed by atoms with Crippen LogP contribution in [0.25, 0.3) is 11.9 Å². The van der Waals surface area contributed by atoms with E-state index in [-0.39, 0.29) is 0 Å². The van der Waals surface area contributed by atoms with Crippen LogP contribution in [0.1, 0.15) is 11.4 Å². The summed E-state index contributed by atoms with van der Waals surface area (Å²) in [6.45, 7) is 0. The van der Waals surface area contributed by atoms with Crippen molar-refractivity contribution >= 4 is 5.95 Å². The van der Waals surface area contributed by atoms with Crippen molar-refractivity contribution in [3.8, 4) is 11.9 Å². The van der Waals surface area contributed by atoms with Gasteiger partial charge in [0, 0.05) is 0 Å². The highest BCUT2D eigenvalue weighted by atomic mass is 19.4. The van der Waals surface area contributed by atoms with Crippen molar-refractivity contribution in [2.75, 3.05) is 5.73 Å². The highest BCUT2D eigenvalue weighted by molar-refractivity contribution is 5.28. The first-order valence-corrected chi connectivity index (χ1v) is 6.05. The Labute approximate surface area is 132 Å². The van der Waals surface area contributed by atoms with Gasteiger partial charge in [0.2, 0.25) is 5.95 Å². The molecule has 0 bridgehead atoms. The van der Waals surface area contributed by atoms with Crippen molar-refractivity contribution in [3.63, 3.8) is 0 Å². The molecule has 0 saturated carbocycles. The van der Waals surface area contributed by atoms with Crippen LogP contribution in [0.5, 0.6) is 0 Å². The summed E-state index contributed by atoms with van der Waals surface area (Å²) in [6, 6.07) is 0. The zero-order valence-electron chi connectivity index (χ0n) is 11.5. The minimum atomic E-state index is -4.76. The van der Waals surface area contributed by atoms with Gasteiger partial charge in [-0.15, -0.1) is 10.2 Å². The predicted octanol–water partition coefficient (Wildman–Crippen LogP) is 0.653. The van der Waals surface area contributed by atoms with Crippen LogP contribution in [0.3, 0.4) is 0 Å². The van der Waals surface area contributed by atoms with E-state index in [0.717, 1.165) is 0 Å². The lowest BCUT2D eigenvalue weighted by Crippen LogP contribution is -2.12. The zero-order valence-corrected chi connectivity index (χ0v) is 11.5. The number of alkyl halides is 6. The number of rotatable bonds is 2. The molecule has 3 rings (SSSR count). The summed E-state index contributed by atoms with van der Waals surface area (Å²) in [5, 5.41) is 12.2. The molecule has 3 aromatic heterocycles. The van der Waals surface area contributed by atoms with Crippen molar-refractivity contribution in [2.45, 2.75) is 12.4 Å². The van der Waals surface area contributed by atoms with Crippen molar-refractivity contribution in [2.24, 2.45) is 0 Å². The second kappa shape index (κ2) is 5.35. The van der Waals surface area contributed by atoms with Crippen LogP contribution in [-0.4, -0.2) is 44.9 Å². The molecule has 2 N–H and O–H groups in total. The first kappa shape index (κ1) is 16.5. The number of hydrogen-bond acceptors (Lipinski definition) is 8. The molecule has 0 aliphatic rings. The van der Waals surface area contributed by atoms with Crippen LogP contribution in [0.4, 0.5) is 32.3 Å². The first-order valence-electron chi connectivity index (χ1n) is 6.05. The van der Waals surface area contributed by atoms with Gasteiger partial charge in [-0.3, -0.25) is 0 Å². The van der Waals surface area contributed by atoms with Gasteiger partial charge in [0.1, 0.15) is 0 Å². The lowest BCUT2D eigenvalue weighted by molar-refractivity contribution is -0.142. The van der Waals surface area contributed by atoms with E-state index in [4.69, 9.17) is 5.73 Å². The fraction of sp³-hybridized carbons (Fsp3) is 0.222. The van der Waals surface area contributed by atoms with E-state index in [0.29, 0.717) is 21.8 Å². The average molecular weight is 366 g/mol. The summed E-state index contributed by atoms with van der Waals surface area (Å²) in [6.07, 6.45) is -8.57. The SMILES string of the molecule is Nc1nc(-n2cc(C(F)(F)F)nn2)nc(-n2cc(C(F)(F)F)nn2)n1. The highest BCUT2D eigenvalue weighted by Gasteiger charge is 2.36. The van der Waals surface area contributed by atoms with Crippen molar-refractivity contribution in [3.05, 3.63) is 23.8 Å². The van der Waals surface area contributed by atoms with Crippen LogP contribution in [-0.2, 0) is 12.4 Å². The van der Waals surface area contributed by atoms with Crippen molar-refractivity contribution < 1.29 is 26.3 Å². The molecule has 25 heavy (non-hydrogen) atoms. The van der Waals surface area contributed by atoms with E-state index in [9.17, 15) is 26.3 Å². The van der Waals surface area contributed by atoms with E-state index in [1.807, 2.05) is 0 Å². The van der Waals surface area contributed by atoms with Gasteiger partial charge in [0.25, 0.3) is 11.9 Å². The van der Waals surface area contributed by atoms with Crippen LogP contribution in [0.15, 0.2) is 12.4 Å². The lowest BCUT2D eigenvalue weighted by Gasteiger charge is -2.03. The molecule has 3 aromatic rings. The summed E-state index contributed by atoms with van der Waals surface area (Å²) in [5.41, 5.74) is 2.74. The number of hydrogen-bond donors (Lipinski definition) is 1. The minimum Gasteiger partial charge on any atom is -0.368 e. The second-order valence-corrected chi connectivity index (χ2v) is 4.39. The quantitative estimate of drug-likeness (QED) is 0.655. The van der Waals surface area contributed by atoms with E-state index >= 15 is 0 Å². The van der Waals surface area contributed by atoms with Gasteiger partial charge in [-0.2, -0.15) is 50.7 Å². The third kappa shape index (κ3) is 3.31. The maximum Gasteiger partial charge on any atom is 0.436 e. The van der Waals surface area contributed by atoms with Crippen LogP contribution in [0, 0.1) is 0 Å². The Balaban J connectivity index is 2.01. The van der Waals surface area contributed by atoms with E-state index in [1.54, 1.807) is 0 Å². The topological polar surface area (TPSA) is 126 Å². The summed E-state index contributed by atoms with van der Waals surface area (Å²) < 4.78 is 76.3. The molecule has 0 fully saturated rings. The Morgan fingerprint density at radius 1 is 0.720 bits per heavy atom. The third-order valence-electron chi connectivity index (χ3n) is 2.61. The molecule has 0 unspecified atom stereocenters. The fourth-order valence-electron chi connectivity index (χ4n) is 1.56. The van der Waals surface area contributed by atoms with E-state index < -0.39 is 41.6 Å². The van der Waals surface area contributed by atoms with E-state index in [1.165, 1.54) is 0 Å². The molecule has 10 nitrogen and oxygen atoms in total. The molecular weight excluding hydrogens is 362 g/mol. The first-order chi connectivity index (χ1) is 11.5. The maximum atomic E-state index is 12.5. The average Bonchev–Trinajstić information content (AvgIpc) is 3.15. The largest absolute Gasteiger partial charge is 0.436 e. The summed E-state index contributed by atoms with van der Waals surface area (Å²) in [5.74, 6) is -1.50. The third-order valence-corrected chi connectivity index (χ3v) is 2.61. The number of nitrogens with zero attached hydrogens (tertiary/aromatic N) is 9. The molecule has 0 spiro atoms. The number of halogens is 6. The van der Waals surface area contributed by atoms with Gasteiger partial charge in [0.05, 0.1) is 12.4 Å². The van der Waals surface area contributed by atoms with Gasteiger partial charge in [-0.1, -0.05) is 10.4 Å². The normalized spacial score (nSPS) is 12.6. The summed E-state index contributed by atoms with van der Waals surface area (Å²) in [7, 11) is 0. The molecule has 0 saturated heterocycles.